The van der Waals surface area contributed by atoms with Crippen molar-refractivity contribution in [2.45, 2.75) is 93.4 Å². The molecule has 3 aliphatic rings. The van der Waals surface area contributed by atoms with Crippen molar-refractivity contribution < 1.29 is 53.1 Å². The van der Waals surface area contributed by atoms with E-state index < -0.39 is 46.9 Å². The monoisotopic (exact) mass is 1040 g/mol. The average Bonchev–Trinajstić information content (AvgIpc) is 3.65. The maximum atomic E-state index is 13.6. The number of hydrogen-bond acceptors (Lipinski definition) is 9. The lowest BCUT2D eigenvalue weighted by atomic mass is 9.81. The summed E-state index contributed by atoms with van der Waals surface area (Å²) in [6.07, 6.45) is 15.4. The fourth-order valence-corrected chi connectivity index (χ4v) is 11.0. The number of allylic oxidation sites excluding steroid dienone is 8. The highest BCUT2D eigenvalue weighted by molar-refractivity contribution is 7.86. The van der Waals surface area contributed by atoms with Crippen LogP contribution in [0.4, 0.5) is 17.1 Å². The Kier molecular flexibility index (Phi) is 16.1. The second kappa shape index (κ2) is 21.7. The van der Waals surface area contributed by atoms with Gasteiger partial charge in [0.05, 0.1) is 33.2 Å². The van der Waals surface area contributed by atoms with E-state index in [-0.39, 0.29) is 54.0 Å². The molecule has 0 fully saturated rings. The smallest absolute Gasteiger partial charge is 0.294 e. The molecule has 0 spiro atoms. The Labute approximate surface area is 422 Å². The molecule has 0 unspecified atom stereocenters. The van der Waals surface area contributed by atoms with E-state index in [1.807, 2.05) is 111 Å². The minimum absolute atomic E-state index is 0.0959. The summed E-state index contributed by atoms with van der Waals surface area (Å²) in [5.74, 6) is 5.69. The number of carbonyl (C=O) groups is 2. The Morgan fingerprint density at radius 3 is 2.06 bits per heavy atom. The van der Waals surface area contributed by atoms with Gasteiger partial charge in [0, 0.05) is 78.0 Å². The molecule has 4 aromatic carbocycles. The van der Waals surface area contributed by atoms with Crippen LogP contribution >= 0.6 is 0 Å². The molecule has 0 saturated carbocycles. The fourth-order valence-electron chi connectivity index (χ4n) is 9.47. The highest BCUT2D eigenvalue weighted by Gasteiger charge is 2.45. The van der Waals surface area contributed by atoms with Crippen molar-refractivity contribution >= 4 is 64.9 Å². The topological polar surface area (TPSA) is 219 Å². The minimum atomic E-state index is -4.49. The van der Waals surface area contributed by atoms with E-state index >= 15 is 0 Å². The number of anilines is 2. The van der Waals surface area contributed by atoms with E-state index in [1.165, 1.54) is 24.3 Å². The highest BCUT2D eigenvalue weighted by Crippen LogP contribution is 2.49. The van der Waals surface area contributed by atoms with Gasteiger partial charge >= 0.3 is 0 Å². The first-order valence-corrected chi connectivity index (χ1v) is 28.1. The van der Waals surface area contributed by atoms with E-state index in [0.29, 0.717) is 43.6 Å². The maximum absolute atomic E-state index is 13.6. The van der Waals surface area contributed by atoms with E-state index in [0.717, 1.165) is 45.0 Å². The van der Waals surface area contributed by atoms with Crippen LogP contribution in [-0.4, -0.2) is 86.4 Å². The van der Waals surface area contributed by atoms with Crippen molar-refractivity contribution in [3.8, 4) is 11.8 Å². The number of amides is 2. The Hall–Kier alpha value is -6.46. The molecule has 0 radical (unpaired) electrons. The molecule has 0 atom stereocenters. The maximum Gasteiger partial charge on any atom is 0.294 e. The molecule has 15 nitrogen and oxygen atoms in total. The van der Waals surface area contributed by atoms with Crippen LogP contribution in [0.2, 0.25) is 0 Å². The molecule has 7 rings (SSSR count). The number of para-hydroxylation sites is 1. The number of nitrogens with one attached hydrogen (secondary N) is 1. The number of nitrogens with zero attached hydrogens (tertiary/aromatic N) is 3. The van der Waals surface area contributed by atoms with E-state index in [1.54, 1.807) is 29.2 Å². The second-order valence-electron chi connectivity index (χ2n) is 18.9. The third kappa shape index (κ3) is 12.4. The summed E-state index contributed by atoms with van der Waals surface area (Å²) in [7, 11) is -13.2. The van der Waals surface area contributed by atoms with Crippen molar-refractivity contribution in [3.63, 3.8) is 0 Å². The van der Waals surface area contributed by atoms with Crippen molar-refractivity contribution in [1.29, 1.82) is 0 Å². The Bertz CT molecular complexity index is 3360. The Morgan fingerprint density at radius 1 is 0.694 bits per heavy atom. The van der Waals surface area contributed by atoms with Crippen molar-refractivity contribution in [2.24, 2.45) is 0 Å². The summed E-state index contributed by atoms with van der Waals surface area (Å²) in [6.45, 7) is 9.07. The van der Waals surface area contributed by atoms with Gasteiger partial charge in [0.1, 0.15) is 6.54 Å². The molecule has 72 heavy (non-hydrogen) atoms. The first kappa shape index (κ1) is 53.3. The van der Waals surface area contributed by atoms with Crippen LogP contribution in [0.5, 0.6) is 0 Å². The Balaban J connectivity index is 0.983. The lowest BCUT2D eigenvalue weighted by Gasteiger charge is -2.27. The quantitative estimate of drug-likeness (QED) is 0.0230. The van der Waals surface area contributed by atoms with Crippen LogP contribution in [0.25, 0.3) is 0 Å². The van der Waals surface area contributed by atoms with E-state index in [9.17, 15) is 48.5 Å². The fraction of sp³-hybridized carbons (Fsp3) is 0.315. The number of fused-ring (bicyclic) bond motifs is 4. The van der Waals surface area contributed by atoms with Gasteiger partial charge in [-0.25, -0.2) is 0 Å². The number of unbranched alkanes of at least 4 members (excludes halogenated alkanes) is 2. The van der Waals surface area contributed by atoms with Gasteiger partial charge in [-0.1, -0.05) is 92.8 Å². The molecule has 0 bridgehead atoms. The number of carbonyl (C=O) groups excluding carboxylic acids is 2. The molecule has 3 aliphatic heterocycles. The zero-order valence-electron chi connectivity index (χ0n) is 40.6. The van der Waals surface area contributed by atoms with Crippen LogP contribution in [0.15, 0.2) is 143 Å². The molecule has 378 valence electrons. The SMILES string of the molecule is CC1(C)C(=CC=CC=CC=CC2=[N+](CCCS(=O)(=O)O)c3ccc(S(=O)(=O)O)cc3C2(C)C)N(CCCCCC(=O)NCCC(=O)N2Cc3ccccc3C#Cc3ccccc32)c2ccc(S(=O)(=O)O)cc21. The van der Waals surface area contributed by atoms with Crippen LogP contribution in [0.1, 0.15) is 94.0 Å². The molecule has 2 amide bonds. The lowest BCUT2D eigenvalue weighted by molar-refractivity contribution is -0.437. The Morgan fingerprint density at radius 2 is 1.33 bits per heavy atom. The molecule has 4 N–H and O–H groups in total. The normalized spacial score (nSPS) is 16.6. The van der Waals surface area contributed by atoms with Crippen molar-refractivity contribution in [1.82, 2.24) is 5.32 Å². The van der Waals surface area contributed by atoms with E-state index in [4.69, 9.17) is 0 Å². The van der Waals surface area contributed by atoms with Crippen LogP contribution in [-0.2, 0) is 57.3 Å². The first-order chi connectivity index (χ1) is 34.0. The van der Waals surface area contributed by atoms with Crippen LogP contribution < -0.4 is 15.1 Å². The molecule has 4 aromatic rings. The first-order valence-electron chi connectivity index (χ1n) is 23.6. The van der Waals surface area contributed by atoms with Gasteiger partial charge < -0.3 is 15.1 Å². The second-order valence-corrected chi connectivity index (χ2v) is 23.3. The molecule has 0 saturated heterocycles. The molecule has 0 aromatic heterocycles. The predicted molar refractivity (Wildman–Crippen MR) is 278 cm³/mol. The van der Waals surface area contributed by atoms with Gasteiger partial charge in [-0.2, -0.15) is 29.8 Å². The van der Waals surface area contributed by atoms with Crippen LogP contribution in [0.3, 0.4) is 0 Å². The third-order valence-electron chi connectivity index (χ3n) is 13.2. The van der Waals surface area contributed by atoms with Gasteiger partial charge in [0.2, 0.25) is 17.5 Å². The van der Waals surface area contributed by atoms with Gasteiger partial charge in [-0.05, 0) is 92.4 Å². The standard InChI is InChI=1S/C54H58N4O11S3/c1-53(2)44-36-42(71(64,65)66)27-29-47(44)56(33-16-8-11-24-51(59)55-32-31-52(60)58-38-41-20-13-12-18-39(41)25-26-40-19-14-15-21-46(40)58)49(53)22-9-6-5-7-10-23-50-54(3,4)45-37-43(72(67,68)69)28-30-48(45)57(50)34-17-35-70(61,62)63/h5-7,9-10,12-15,18-23,27-30,36-37H,8,11,16-17,24,31-35,38H2,1-4H3,(H3-,55,59,61,62,63,64,65,66,67,68,69)/p+1. The molecule has 3 heterocycles. The number of rotatable bonds is 19. The van der Waals surface area contributed by atoms with E-state index in [2.05, 4.69) is 22.1 Å². The summed E-state index contributed by atoms with van der Waals surface area (Å²) >= 11 is 0. The van der Waals surface area contributed by atoms with Gasteiger partial charge in [-0.3, -0.25) is 23.2 Å². The lowest BCUT2D eigenvalue weighted by Crippen LogP contribution is -2.35. The predicted octanol–water partition coefficient (Wildman–Crippen LogP) is 8.20. The molecular formula is C54H59N4O11S3+. The largest absolute Gasteiger partial charge is 0.356 e. The highest BCUT2D eigenvalue weighted by atomic mass is 32.2. The zero-order chi connectivity index (χ0) is 52.1. The summed E-state index contributed by atoms with van der Waals surface area (Å²) in [5.41, 5.74) is 6.31. The summed E-state index contributed by atoms with van der Waals surface area (Å²) < 4.78 is 102. The zero-order valence-corrected chi connectivity index (χ0v) is 43.0. The molecule has 18 heteroatoms. The third-order valence-corrected chi connectivity index (χ3v) is 15.7. The van der Waals surface area contributed by atoms with Crippen molar-refractivity contribution in [2.75, 3.05) is 35.2 Å². The van der Waals surface area contributed by atoms with Crippen LogP contribution in [0, 0.1) is 11.8 Å². The van der Waals surface area contributed by atoms with Gasteiger partial charge in [0.25, 0.3) is 30.4 Å². The summed E-state index contributed by atoms with van der Waals surface area (Å²) in [4.78, 5) is 29.9. The summed E-state index contributed by atoms with van der Waals surface area (Å²) in [5, 5.41) is 2.91. The minimum Gasteiger partial charge on any atom is -0.356 e. The number of hydrogen-bond donors (Lipinski definition) is 4. The van der Waals surface area contributed by atoms with Gasteiger partial charge in [0.15, 0.2) is 5.71 Å². The molecule has 0 aliphatic carbocycles. The van der Waals surface area contributed by atoms with Gasteiger partial charge in [-0.15, -0.1) is 0 Å². The molecular weight excluding hydrogens is 977 g/mol. The summed E-state index contributed by atoms with van der Waals surface area (Å²) in [6, 6.07) is 24.1. The average molecular weight is 1040 g/mol. The number of benzene rings is 4. The van der Waals surface area contributed by atoms with Crippen molar-refractivity contribution in [3.05, 3.63) is 161 Å².